The third-order valence-corrected chi connectivity index (χ3v) is 2.49. The van der Waals surface area contributed by atoms with Gasteiger partial charge in [0.25, 0.3) is 0 Å². The highest BCUT2D eigenvalue weighted by Gasteiger charge is 2.20. The van der Waals surface area contributed by atoms with Gasteiger partial charge in [0.1, 0.15) is 12.9 Å². The lowest BCUT2D eigenvalue weighted by molar-refractivity contribution is -0.113. The monoisotopic (exact) mass is 248 g/mol. The van der Waals surface area contributed by atoms with Gasteiger partial charge < -0.3 is 14.6 Å². The third-order valence-electron chi connectivity index (χ3n) is 2.49. The van der Waals surface area contributed by atoms with Crippen molar-refractivity contribution in [3.63, 3.8) is 0 Å². The average Bonchev–Trinajstić information content (AvgIpc) is 2.41. The fourth-order valence-corrected chi connectivity index (χ4v) is 1.65. The first-order chi connectivity index (χ1) is 8.79. The Morgan fingerprint density at radius 3 is 2.67 bits per heavy atom. The molecule has 0 aliphatic carbocycles. The normalized spacial score (nSPS) is 14.6. The lowest BCUT2D eigenvalue weighted by Gasteiger charge is -2.22. The molecule has 0 aromatic heterocycles. The van der Waals surface area contributed by atoms with Crippen molar-refractivity contribution in [2.75, 3.05) is 13.9 Å². The van der Waals surface area contributed by atoms with Gasteiger partial charge in [0.2, 0.25) is 0 Å². The van der Waals surface area contributed by atoms with Crippen LogP contribution < -0.4 is 0 Å². The summed E-state index contributed by atoms with van der Waals surface area (Å²) in [5, 5.41) is 10.1. The number of allylic oxidation sites excluding steroid dienone is 2. The lowest BCUT2D eigenvalue weighted by Crippen LogP contribution is -2.21. The minimum absolute atomic E-state index is 0.155. The molecule has 0 saturated carbocycles. The van der Waals surface area contributed by atoms with Gasteiger partial charge >= 0.3 is 0 Å². The van der Waals surface area contributed by atoms with E-state index in [0.717, 1.165) is 5.56 Å². The Morgan fingerprint density at radius 1 is 1.33 bits per heavy atom. The van der Waals surface area contributed by atoms with Gasteiger partial charge in [0, 0.05) is 7.11 Å². The molecule has 0 unspecified atom stereocenters. The van der Waals surface area contributed by atoms with Crippen molar-refractivity contribution < 1.29 is 14.6 Å². The first kappa shape index (κ1) is 14.6. The predicted octanol–water partition coefficient (Wildman–Crippen LogP) is 2.84. The molecule has 0 bridgehead atoms. The van der Waals surface area contributed by atoms with Gasteiger partial charge in [-0.1, -0.05) is 55.1 Å². The van der Waals surface area contributed by atoms with Gasteiger partial charge in [-0.2, -0.15) is 0 Å². The molecule has 0 heterocycles. The van der Waals surface area contributed by atoms with Gasteiger partial charge in [-0.3, -0.25) is 0 Å². The maximum absolute atomic E-state index is 10.1. The van der Waals surface area contributed by atoms with Gasteiger partial charge in [-0.15, -0.1) is 0 Å². The molecule has 0 spiro atoms. The second-order valence-electron chi connectivity index (χ2n) is 3.87. The van der Waals surface area contributed by atoms with Crippen LogP contribution in [0.2, 0.25) is 0 Å². The fraction of sp³-hybridized carbons (Fsp3) is 0.333. The predicted molar refractivity (Wildman–Crippen MR) is 72.1 cm³/mol. The molecule has 0 amide bonds. The van der Waals surface area contributed by atoms with Gasteiger partial charge in [0.15, 0.2) is 0 Å². The second-order valence-corrected chi connectivity index (χ2v) is 3.87. The molecule has 3 heteroatoms. The van der Waals surface area contributed by atoms with Gasteiger partial charge in [0.05, 0.1) is 6.10 Å². The highest BCUT2D eigenvalue weighted by Crippen LogP contribution is 2.23. The summed E-state index contributed by atoms with van der Waals surface area (Å²) in [6, 6.07) is 9.64. The van der Waals surface area contributed by atoms with Crippen LogP contribution in [-0.2, 0) is 9.47 Å². The van der Waals surface area contributed by atoms with E-state index in [4.69, 9.17) is 9.47 Å². The van der Waals surface area contributed by atoms with Crippen molar-refractivity contribution in [3.8, 4) is 0 Å². The molecule has 1 aromatic carbocycles. The van der Waals surface area contributed by atoms with E-state index in [-0.39, 0.29) is 12.9 Å². The van der Waals surface area contributed by atoms with Crippen LogP contribution in [0.25, 0.3) is 0 Å². The molecule has 0 radical (unpaired) electrons. The van der Waals surface area contributed by atoms with Crippen LogP contribution in [0, 0.1) is 0 Å². The van der Waals surface area contributed by atoms with Crippen LogP contribution >= 0.6 is 0 Å². The van der Waals surface area contributed by atoms with Crippen LogP contribution in [0.4, 0.5) is 0 Å². The fourth-order valence-electron chi connectivity index (χ4n) is 1.65. The van der Waals surface area contributed by atoms with E-state index < -0.39 is 6.10 Å². The maximum atomic E-state index is 10.1. The van der Waals surface area contributed by atoms with Gasteiger partial charge in [-0.25, -0.2) is 0 Å². The number of rotatable bonds is 8. The zero-order valence-electron chi connectivity index (χ0n) is 10.7. The Morgan fingerprint density at radius 2 is 2.06 bits per heavy atom. The molecular weight excluding hydrogens is 228 g/mol. The first-order valence-electron chi connectivity index (χ1n) is 5.90. The molecule has 2 atom stereocenters. The number of methoxy groups -OCH3 is 1. The van der Waals surface area contributed by atoms with Crippen molar-refractivity contribution in [1.82, 2.24) is 0 Å². The highest BCUT2D eigenvalue weighted by atomic mass is 16.7. The molecule has 3 nitrogen and oxygen atoms in total. The zero-order valence-corrected chi connectivity index (χ0v) is 10.7. The Labute approximate surface area is 108 Å². The molecule has 0 fully saturated rings. The van der Waals surface area contributed by atoms with E-state index in [9.17, 15) is 5.11 Å². The standard InChI is InChI=1S/C15H20O3/c1-3-4-6-11-14(16)15(18-12-17-2)13-9-7-5-8-10-13/h3-10,14-16H,1,11-12H2,2H3/b6-4+/t14-,15-/m1/s1. The molecule has 0 saturated heterocycles. The van der Waals surface area contributed by atoms with E-state index in [2.05, 4.69) is 6.58 Å². The Kier molecular flexibility index (Phi) is 7.03. The molecule has 1 aromatic rings. The van der Waals surface area contributed by atoms with Crippen molar-refractivity contribution in [2.24, 2.45) is 0 Å². The van der Waals surface area contributed by atoms with Crippen LogP contribution in [-0.4, -0.2) is 25.1 Å². The summed E-state index contributed by atoms with van der Waals surface area (Å²) in [5.41, 5.74) is 0.939. The Hall–Kier alpha value is -1.42. The van der Waals surface area contributed by atoms with E-state index in [1.165, 1.54) is 0 Å². The van der Waals surface area contributed by atoms with Crippen LogP contribution in [0.3, 0.4) is 0 Å². The average molecular weight is 248 g/mol. The Bertz CT molecular complexity index is 359. The number of ether oxygens (including phenoxy) is 2. The van der Waals surface area contributed by atoms with E-state index in [1.807, 2.05) is 42.5 Å². The second kappa shape index (κ2) is 8.64. The first-order valence-corrected chi connectivity index (χ1v) is 5.90. The summed E-state index contributed by atoms with van der Waals surface area (Å²) < 4.78 is 10.4. The van der Waals surface area contributed by atoms with Gasteiger partial charge in [-0.05, 0) is 12.0 Å². The number of aliphatic hydroxyl groups excluding tert-OH is 1. The van der Waals surface area contributed by atoms with Crippen molar-refractivity contribution >= 4 is 0 Å². The van der Waals surface area contributed by atoms with Crippen molar-refractivity contribution in [1.29, 1.82) is 0 Å². The minimum Gasteiger partial charge on any atom is -0.390 e. The topological polar surface area (TPSA) is 38.7 Å². The molecular formula is C15H20O3. The Balaban J connectivity index is 2.71. The summed E-state index contributed by atoms with van der Waals surface area (Å²) in [4.78, 5) is 0. The molecule has 0 aliphatic heterocycles. The van der Waals surface area contributed by atoms with Crippen molar-refractivity contribution in [3.05, 3.63) is 60.7 Å². The van der Waals surface area contributed by atoms with Crippen molar-refractivity contribution in [2.45, 2.75) is 18.6 Å². The molecule has 0 aliphatic rings. The summed E-state index contributed by atoms with van der Waals surface area (Å²) in [7, 11) is 1.56. The summed E-state index contributed by atoms with van der Waals surface area (Å²) >= 11 is 0. The number of aliphatic hydroxyl groups is 1. The van der Waals surface area contributed by atoms with Crippen LogP contribution in [0.5, 0.6) is 0 Å². The van der Waals surface area contributed by atoms with E-state index in [1.54, 1.807) is 13.2 Å². The third kappa shape index (κ3) is 4.84. The molecule has 1 N–H and O–H groups in total. The summed E-state index contributed by atoms with van der Waals surface area (Å²) in [5.74, 6) is 0. The summed E-state index contributed by atoms with van der Waals surface area (Å²) in [6.45, 7) is 3.75. The van der Waals surface area contributed by atoms with E-state index in [0.29, 0.717) is 6.42 Å². The SMILES string of the molecule is C=C/C=C/C[C@@H](O)[C@H](OCOC)c1ccccc1. The highest BCUT2D eigenvalue weighted by molar-refractivity contribution is 5.19. The van der Waals surface area contributed by atoms with Crippen LogP contribution in [0.15, 0.2) is 55.1 Å². The largest absolute Gasteiger partial charge is 0.390 e. The molecule has 18 heavy (non-hydrogen) atoms. The number of benzene rings is 1. The van der Waals surface area contributed by atoms with E-state index >= 15 is 0 Å². The zero-order chi connectivity index (χ0) is 13.2. The smallest absolute Gasteiger partial charge is 0.147 e. The summed E-state index contributed by atoms with van der Waals surface area (Å²) in [6.07, 6.45) is 4.86. The van der Waals surface area contributed by atoms with Crippen LogP contribution in [0.1, 0.15) is 18.1 Å². The maximum Gasteiger partial charge on any atom is 0.147 e. The quantitative estimate of drug-likeness (QED) is 0.568. The number of hydrogen-bond donors (Lipinski definition) is 1. The minimum atomic E-state index is -0.612. The lowest BCUT2D eigenvalue weighted by atomic mass is 10.0. The molecule has 98 valence electrons. The molecule has 1 rings (SSSR count). The number of hydrogen-bond acceptors (Lipinski definition) is 3.